The highest BCUT2D eigenvalue weighted by Gasteiger charge is 2.11. The molecule has 0 aliphatic rings. The van der Waals surface area contributed by atoms with E-state index < -0.39 is 11.8 Å². The molecule has 0 saturated heterocycles. The average Bonchev–Trinajstić information content (AvgIpc) is 2.50. The van der Waals surface area contributed by atoms with Crippen molar-refractivity contribution in [2.75, 3.05) is 16.0 Å². The van der Waals surface area contributed by atoms with Gasteiger partial charge in [-0.3, -0.25) is 14.4 Å². The molecular weight excluding hydrogens is 342 g/mol. The number of amides is 3. The molecule has 130 valence electrons. The molecule has 25 heavy (non-hydrogen) atoms. The second-order valence-electron chi connectivity index (χ2n) is 5.50. The van der Waals surface area contributed by atoms with Crippen molar-refractivity contribution >= 4 is 46.4 Å². The monoisotopic (exact) mass is 359 g/mol. The number of halogens is 1. The minimum Gasteiger partial charge on any atom is -0.326 e. The van der Waals surface area contributed by atoms with Crippen LogP contribution in [0.25, 0.3) is 0 Å². The second kappa shape index (κ2) is 8.30. The summed E-state index contributed by atoms with van der Waals surface area (Å²) in [6, 6.07) is 11.8. The Kier molecular flexibility index (Phi) is 6.14. The van der Waals surface area contributed by atoms with Crippen LogP contribution in [0.5, 0.6) is 0 Å². The van der Waals surface area contributed by atoms with Crippen molar-refractivity contribution in [2.24, 2.45) is 0 Å². The molecular formula is C18H18ClN3O3. The highest BCUT2D eigenvalue weighted by molar-refractivity contribution is 6.31. The maximum Gasteiger partial charge on any atom is 0.233 e. The van der Waals surface area contributed by atoms with Crippen molar-refractivity contribution < 1.29 is 14.4 Å². The van der Waals surface area contributed by atoms with Crippen LogP contribution in [-0.2, 0) is 14.4 Å². The zero-order valence-electron chi connectivity index (χ0n) is 13.9. The molecule has 3 amide bonds. The van der Waals surface area contributed by atoms with Gasteiger partial charge in [-0.2, -0.15) is 0 Å². The van der Waals surface area contributed by atoms with Crippen molar-refractivity contribution in [2.45, 2.75) is 20.3 Å². The summed E-state index contributed by atoms with van der Waals surface area (Å²) >= 11 is 6.00. The van der Waals surface area contributed by atoms with Gasteiger partial charge in [0.1, 0.15) is 6.42 Å². The number of rotatable bonds is 5. The lowest BCUT2D eigenvalue weighted by Gasteiger charge is -2.09. The van der Waals surface area contributed by atoms with Crippen LogP contribution in [0.1, 0.15) is 18.9 Å². The third-order valence-electron chi connectivity index (χ3n) is 3.24. The average molecular weight is 360 g/mol. The summed E-state index contributed by atoms with van der Waals surface area (Å²) in [6.07, 6.45) is -0.337. The lowest BCUT2D eigenvalue weighted by Crippen LogP contribution is -2.21. The van der Waals surface area contributed by atoms with Crippen LogP contribution in [0.2, 0.25) is 5.02 Å². The first-order chi connectivity index (χ1) is 11.8. The Morgan fingerprint density at radius 2 is 1.44 bits per heavy atom. The van der Waals surface area contributed by atoms with E-state index in [4.69, 9.17) is 11.6 Å². The Balaban J connectivity index is 1.92. The lowest BCUT2D eigenvalue weighted by atomic mass is 10.2. The van der Waals surface area contributed by atoms with Gasteiger partial charge >= 0.3 is 0 Å². The van der Waals surface area contributed by atoms with Gasteiger partial charge in [-0.1, -0.05) is 23.7 Å². The van der Waals surface area contributed by atoms with Gasteiger partial charge in [0.05, 0.1) is 0 Å². The van der Waals surface area contributed by atoms with Crippen LogP contribution < -0.4 is 16.0 Å². The van der Waals surface area contributed by atoms with E-state index in [-0.39, 0.29) is 12.3 Å². The van der Waals surface area contributed by atoms with E-state index in [2.05, 4.69) is 16.0 Å². The quantitative estimate of drug-likeness (QED) is 0.713. The van der Waals surface area contributed by atoms with E-state index in [1.54, 1.807) is 42.5 Å². The molecule has 0 unspecified atom stereocenters. The number of aryl methyl sites for hydroxylation is 1. The molecule has 0 aromatic heterocycles. The van der Waals surface area contributed by atoms with E-state index in [0.717, 1.165) is 5.56 Å². The van der Waals surface area contributed by atoms with Crippen LogP contribution in [0.4, 0.5) is 17.1 Å². The van der Waals surface area contributed by atoms with Crippen molar-refractivity contribution in [3.05, 3.63) is 53.1 Å². The number of carbonyl (C=O) groups is 3. The van der Waals surface area contributed by atoms with Crippen molar-refractivity contribution in [1.29, 1.82) is 0 Å². The van der Waals surface area contributed by atoms with E-state index in [1.807, 2.05) is 6.92 Å². The maximum atomic E-state index is 12.0. The normalized spacial score (nSPS) is 10.0. The fourth-order valence-corrected chi connectivity index (χ4v) is 2.29. The first-order valence-electron chi connectivity index (χ1n) is 7.57. The molecule has 0 radical (unpaired) electrons. The summed E-state index contributed by atoms with van der Waals surface area (Å²) in [4.78, 5) is 35.0. The molecule has 0 aliphatic carbocycles. The maximum absolute atomic E-state index is 12.0. The highest BCUT2D eigenvalue weighted by atomic mass is 35.5. The summed E-state index contributed by atoms with van der Waals surface area (Å²) in [5.74, 6) is -1.12. The van der Waals surface area contributed by atoms with Gasteiger partial charge in [-0.25, -0.2) is 0 Å². The number of benzene rings is 2. The molecule has 0 saturated carbocycles. The zero-order chi connectivity index (χ0) is 18.4. The van der Waals surface area contributed by atoms with Gasteiger partial charge in [0.2, 0.25) is 17.7 Å². The SMILES string of the molecule is CC(=O)Nc1cccc(NC(=O)CC(=O)Nc2ccc(C)c(Cl)c2)c1. The minimum absolute atomic E-state index is 0.209. The summed E-state index contributed by atoms with van der Waals surface area (Å²) in [5, 5.41) is 8.40. The van der Waals surface area contributed by atoms with Crippen LogP contribution in [0.15, 0.2) is 42.5 Å². The van der Waals surface area contributed by atoms with E-state index in [0.29, 0.717) is 22.1 Å². The largest absolute Gasteiger partial charge is 0.326 e. The molecule has 2 aromatic rings. The predicted molar refractivity (Wildman–Crippen MR) is 98.8 cm³/mol. The summed E-state index contributed by atoms with van der Waals surface area (Å²) in [7, 11) is 0. The molecule has 0 spiro atoms. The summed E-state index contributed by atoms with van der Waals surface area (Å²) in [5.41, 5.74) is 2.48. The van der Waals surface area contributed by atoms with Crippen LogP contribution in [-0.4, -0.2) is 17.7 Å². The second-order valence-corrected chi connectivity index (χ2v) is 5.91. The molecule has 0 heterocycles. The van der Waals surface area contributed by atoms with Gasteiger partial charge in [0.15, 0.2) is 0 Å². The molecule has 3 N–H and O–H groups in total. The molecule has 0 aliphatic heterocycles. The number of hydrogen-bond donors (Lipinski definition) is 3. The Hall–Kier alpha value is -2.86. The Morgan fingerprint density at radius 1 is 0.880 bits per heavy atom. The topological polar surface area (TPSA) is 87.3 Å². The molecule has 2 rings (SSSR count). The fourth-order valence-electron chi connectivity index (χ4n) is 2.10. The Bertz CT molecular complexity index is 821. The minimum atomic E-state index is -0.462. The summed E-state index contributed by atoms with van der Waals surface area (Å²) < 4.78 is 0. The van der Waals surface area contributed by atoms with E-state index >= 15 is 0 Å². The molecule has 7 heteroatoms. The van der Waals surface area contributed by atoms with E-state index in [1.165, 1.54) is 6.92 Å². The third kappa shape index (κ3) is 5.93. The highest BCUT2D eigenvalue weighted by Crippen LogP contribution is 2.20. The molecule has 6 nitrogen and oxygen atoms in total. The molecule has 2 aromatic carbocycles. The first-order valence-corrected chi connectivity index (χ1v) is 7.95. The van der Waals surface area contributed by atoms with Gasteiger partial charge < -0.3 is 16.0 Å². The van der Waals surface area contributed by atoms with Gasteiger partial charge in [0.25, 0.3) is 0 Å². The number of carbonyl (C=O) groups excluding carboxylic acids is 3. The van der Waals surface area contributed by atoms with Crippen molar-refractivity contribution in [3.8, 4) is 0 Å². The zero-order valence-corrected chi connectivity index (χ0v) is 14.6. The van der Waals surface area contributed by atoms with Crippen LogP contribution in [0.3, 0.4) is 0 Å². The van der Waals surface area contributed by atoms with Crippen LogP contribution >= 0.6 is 11.6 Å². The third-order valence-corrected chi connectivity index (χ3v) is 3.65. The Labute approximate surface area is 150 Å². The van der Waals surface area contributed by atoms with E-state index in [9.17, 15) is 14.4 Å². The number of anilines is 3. The van der Waals surface area contributed by atoms with Gasteiger partial charge in [-0.05, 0) is 42.8 Å². The summed E-state index contributed by atoms with van der Waals surface area (Å²) in [6.45, 7) is 3.25. The fraction of sp³-hybridized carbons (Fsp3) is 0.167. The molecule has 0 bridgehead atoms. The van der Waals surface area contributed by atoms with Crippen molar-refractivity contribution in [3.63, 3.8) is 0 Å². The first kappa shape index (κ1) is 18.5. The van der Waals surface area contributed by atoms with Crippen molar-refractivity contribution in [1.82, 2.24) is 0 Å². The smallest absolute Gasteiger partial charge is 0.233 e. The molecule has 0 fully saturated rings. The lowest BCUT2D eigenvalue weighted by molar-refractivity contribution is -0.123. The predicted octanol–water partition coefficient (Wildman–Crippen LogP) is 3.57. The standard InChI is InChI=1S/C18H18ClN3O3/c1-11-6-7-15(9-16(11)19)22-18(25)10-17(24)21-14-5-3-4-13(8-14)20-12(2)23/h3-9H,10H2,1-2H3,(H,20,23)(H,21,24)(H,22,25). The van der Waals surface area contributed by atoms with Crippen LogP contribution in [0, 0.1) is 6.92 Å². The van der Waals surface area contributed by atoms with Gasteiger partial charge in [-0.15, -0.1) is 0 Å². The number of hydrogen-bond acceptors (Lipinski definition) is 3. The van der Waals surface area contributed by atoms with Gasteiger partial charge in [0, 0.05) is 29.0 Å². The Morgan fingerprint density at radius 3 is 2.00 bits per heavy atom. The number of nitrogens with one attached hydrogen (secondary N) is 3. The molecule has 0 atom stereocenters.